The number of carboxylic acids is 1. The van der Waals surface area contributed by atoms with Gasteiger partial charge in [0, 0.05) is 19.4 Å². The molecular formula is C47H71N13O15. The van der Waals surface area contributed by atoms with Crippen molar-refractivity contribution < 1.29 is 73.5 Å². The van der Waals surface area contributed by atoms with Gasteiger partial charge >= 0.3 is 5.97 Å². The number of carboxylic acid groups (broad SMARTS) is 1. The standard InChI is InChI=1S/C47H71N13O15/c1-5-23(2)36(59-42(70)31(55-39(67)29(48)22-61)18-27-13-15-28(64)16-14-27)44(72)56-32(20-34(49)65)41(69)54-30(12-9-17-52-47(50)51)40(68)60-37(24(3)62)43(71)53-21-35(66)58-38(25(4)63)45(73)57-33(46(74)75)19-26-10-7-6-8-11-26/h6-8,10-11,13-16,23-25,29-33,36-38,61-64H,5,9,12,17-22,48H2,1-4H3,(H2,49,65)(H,53,71)(H,54,69)(H,55,67)(H,56,72)(H,57,73)(H,58,66)(H,59,70)(H,60,68)(H,74,75)(H4,50,51,52)/t23-,24+,25+,29-,30-,31-,32-,33-,36-,37-,38-/m0/s1. The summed E-state index contributed by atoms with van der Waals surface area (Å²) in [6, 6.07) is 1.32. The number of phenols is 1. The monoisotopic (exact) mass is 1060 g/mol. The molecule has 0 spiro atoms. The van der Waals surface area contributed by atoms with E-state index in [4.69, 9.17) is 22.9 Å². The second-order valence-electron chi connectivity index (χ2n) is 17.7. The minimum Gasteiger partial charge on any atom is -0.508 e. The quantitative estimate of drug-likeness (QED) is 0.0184. The highest BCUT2D eigenvalue weighted by molar-refractivity contribution is 5.99. The van der Waals surface area contributed by atoms with Crippen molar-refractivity contribution in [2.75, 3.05) is 19.7 Å². The van der Waals surface area contributed by atoms with E-state index in [1.807, 2.05) is 0 Å². The topological polar surface area (TPSA) is 485 Å². The van der Waals surface area contributed by atoms with Crippen molar-refractivity contribution in [3.05, 3.63) is 65.7 Å². The van der Waals surface area contributed by atoms with E-state index in [1.54, 1.807) is 44.2 Å². The number of aliphatic imine (C=N–C) groups is 1. The Labute approximate surface area is 432 Å². The van der Waals surface area contributed by atoms with Crippen molar-refractivity contribution in [1.29, 1.82) is 0 Å². The SMILES string of the molecule is CC[C@H](C)[C@H](NC(=O)[C@H](Cc1ccc(O)cc1)NC(=O)[C@@H](N)CO)C(=O)N[C@@H](CC(N)=O)C(=O)N[C@@H](CCCN=C(N)N)C(=O)N[C@H](C(=O)NCC(=O)N[C@H](C(=O)N[C@@H](Cc1ccccc1)C(=O)O)[C@@H](C)O)[C@@H](C)O. The van der Waals surface area contributed by atoms with Crippen molar-refractivity contribution in [2.45, 2.75) is 127 Å². The van der Waals surface area contributed by atoms with Gasteiger partial charge in [0.2, 0.25) is 53.2 Å². The average Bonchev–Trinajstić information content (AvgIpc) is 3.35. The molecular weight excluding hydrogens is 987 g/mol. The summed E-state index contributed by atoms with van der Waals surface area (Å²) in [4.78, 5) is 136. The summed E-state index contributed by atoms with van der Waals surface area (Å²) in [6.07, 6.45) is -4.37. The van der Waals surface area contributed by atoms with Crippen LogP contribution < -0.4 is 65.5 Å². The van der Waals surface area contributed by atoms with Crippen molar-refractivity contribution in [3.63, 3.8) is 0 Å². The minimum atomic E-state index is -1.82. The van der Waals surface area contributed by atoms with Crippen LogP contribution in [0, 0.1) is 5.92 Å². The van der Waals surface area contributed by atoms with Crippen LogP contribution in [-0.2, 0) is 60.8 Å². The lowest BCUT2D eigenvalue weighted by atomic mass is 9.96. The molecule has 0 aliphatic heterocycles. The van der Waals surface area contributed by atoms with Gasteiger partial charge in [-0.3, -0.25) is 48.1 Å². The second kappa shape index (κ2) is 31.6. The van der Waals surface area contributed by atoms with Crippen molar-refractivity contribution in [2.24, 2.45) is 33.8 Å². The van der Waals surface area contributed by atoms with E-state index in [0.717, 1.165) is 13.8 Å². The number of nitrogens with zero attached hydrogens (tertiary/aromatic N) is 1. The molecule has 0 radical (unpaired) electrons. The van der Waals surface area contributed by atoms with Gasteiger partial charge in [0.25, 0.3) is 0 Å². The summed E-state index contributed by atoms with van der Waals surface area (Å²) in [5.41, 5.74) is 23.0. The number of carbonyl (C=O) groups is 10. The van der Waals surface area contributed by atoms with Gasteiger partial charge in [-0.1, -0.05) is 62.7 Å². The molecule has 0 aliphatic rings. The van der Waals surface area contributed by atoms with E-state index < -0.39 is 145 Å². The van der Waals surface area contributed by atoms with Crippen LogP contribution in [-0.4, -0.2) is 171 Å². The highest BCUT2D eigenvalue weighted by Gasteiger charge is 2.36. The van der Waals surface area contributed by atoms with E-state index in [1.165, 1.54) is 24.3 Å². The summed E-state index contributed by atoms with van der Waals surface area (Å²) in [6.45, 7) is 3.80. The molecule has 75 heavy (non-hydrogen) atoms. The largest absolute Gasteiger partial charge is 0.508 e. The molecule has 0 saturated heterocycles. The lowest BCUT2D eigenvalue weighted by Crippen LogP contribution is -2.62. The molecule has 0 bridgehead atoms. The van der Waals surface area contributed by atoms with Gasteiger partial charge in [0.1, 0.15) is 54.1 Å². The lowest BCUT2D eigenvalue weighted by molar-refractivity contribution is -0.143. The molecule has 0 unspecified atom stereocenters. The second-order valence-corrected chi connectivity index (χ2v) is 17.7. The molecule has 9 amide bonds. The summed E-state index contributed by atoms with van der Waals surface area (Å²) >= 11 is 0. The molecule has 2 aromatic carbocycles. The van der Waals surface area contributed by atoms with E-state index in [-0.39, 0.29) is 50.4 Å². The van der Waals surface area contributed by atoms with E-state index in [0.29, 0.717) is 11.1 Å². The number of nitrogens with two attached hydrogens (primary N) is 4. The van der Waals surface area contributed by atoms with Crippen molar-refractivity contribution >= 4 is 65.1 Å². The zero-order valence-corrected chi connectivity index (χ0v) is 42.0. The Balaban J connectivity index is 2.31. The third kappa shape index (κ3) is 22.4. The Morgan fingerprint density at radius 1 is 0.600 bits per heavy atom. The van der Waals surface area contributed by atoms with Gasteiger partial charge in [-0.15, -0.1) is 0 Å². The molecule has 2 aromatic rings. The molecule has 414 valence electrons. The number of aliphatic hydroxyl groups excluding tert-OH is 3. The molecule has 0 saturated carbocycles. The van der Waals surface area contributed by atoms with Gasteiger partial charge in [-0.25, -0.2) is 4.79 Å². The number of benzene rings is 2. The van der Waals surface area contributed by atoms with Gasteiger partial charge in [0.05, 0.1) is 31.8 Å². The first-order valence-electron chi connectivity index (χ1n) is 23.8. The van der Waals surface area contributed by atoms with E-state index in [9.17, 15) is 73.5 Å². The normalized spacial score (nSPS) is 15.4. The van der Waals surface area contributed by atoms with E-state index >= 15 is 0 Å². The molecule has 21 N–H and O–H groups in total. The van der Waals surface area contributed by atoms with Gasteiger partial charge in [-0.05, 0) is 55.9 Å². The Morgan fingerprint density at radius 2 is 1.09 bits per heavy atom. The van der Waals surface area contributed by atoms with Gasteiger partial charge in [-0.2, -0.15) is 0 Å². The summed E-state index contributed by atoms with van der Waals surface area (Å²) in [5, 5.41) is 68.5. The first-order valence-corrected chi connectivity index (χ1v) is 23.8. The van der Waals surface area contributed by atoms with Crippen LogP contribution in [0.3, 0.4) is 0 Å². The van der Waals surface area contributed by atoms with E-state index in [2.05, 4.69) is 47.5 Å². The highest BCUT2D eigenvalue weighted by Crippen LogP contribution is 2.14. The number of primary amides is 1. The van der Waals surface area contributed by atoms with Crippen molar-refractivity contribution in [3.8, 4) is 5.75 Å². The van der Waals surface area contributed by atoms with Crippen LogP contribution in [0.25, 0.3) is 0 Å². The summed E-state index contributed by atoms with van der Waals surface area (Å²) < 4.78 is 0. The zero-order valence-electron chi connectivity index (χ0n) is 42.0. The number of guanidine groups is 1. The molecule has 2 rings (SSSR count). The molecule has 0 aliphatic carbocycles. The fraction of sp³-hybridized carbons (Fsp3) is 0.511. The molecule has 28 heteroatoms. The number of carbonyl (C=O) groups excluding carboxylic acids is 9. The number of aromatic hydroxyl groups is 1. The maximum atomic E-state index is 14.0. The lowest BCUT2D eigenvalue weighted by Gasteiger charge is -2.29. The van der Waals surface area contributed by atoms with Crippen molar-refractivity contribution in [1.82, 2.24) is 42.5 Å². The molecule has 28 nitrogen and oxygen atoms in total. The third-order valence-electron chi connectivity index (χ3n) is 11.4. The fourth-order valence-corrected chi connectivity index (χ4v) is 6.99. The number of rotatable bonds is 32. The number of aliphatic carboxylic acids is 1. The predicted octanol–water partition coefficient (Wildman–Crippen LogP) is -6.17. The number of amides is 9. The Hall–Kier alpha value is -7.95. The van der Waals surface area contributed by atoms with Crippen LogP contribution >= 0.6 is 0 Å². The van der Waals surface area contributed by atoms with Gasteiger partial charge < -0.3 is 91.0 Å². The third-order valence-corrected chi connectivity index (χ3v) is 11.4. The maximum Gasteiger partial charge on any atom is 0.326 e. The summed E-state index contributed by atoms with van der Waals surface area (Å²) in [7, 11) is 0. The average molecular weight is 1060 g/mol. The maximum absolute atomic E-state index is 14.0. The van der Waals surface area contributed by atoms with Crippen LogP contribution in [0.4, 0.5) is 0 Å². The van der Waals surface area contributed by atoms with Crippen LogP contribution in [0.15, 0.2) is 59.6 Å². The molecule has 0 fully saturated rings. The summed E-state index contributed by atoms with van der Waals surface area (Å²) in [5.74, 6) is -11.9. The number of phenolic OH excluding ortho intramolecular Hbond substituents is 1. The number of aliphatic hydroxyl groups is 3. The fourth-order valence-electron chi connectivity index (χ4n) is 6.99. The number of nitrogens with one attached hydrogen (secondary N) is 8. The van der Waals surface area contributed by atoms with Crippen LogP contribution in [0.2, 0.25) is 0 Å². The Bertz CT molecular complexity index is 2300. The Morgan fingerprint density at radius 3 is 1.64 bits per heavy atom. The first-order chi connectivity index (χ1) is 35.3. The predicted molar refractivity (Wildman–Crippen MR) is 268 cm³/mol. The van der Waals surface area contributed by atoms with Crippen LogP contribution in [0.5, 0.6) is 5.75 Å². The number of hydrogen-bond donors (Lipinski definition) is 17. The molecule has 0 aromatic heterocycles. The molecule has 11 atom stereocenters. The van der Waals surface area contributed by atoms with Crippen LogP contribution in [0.1, 0.15) is 64.5 Å². The van der Waals surface area contributed by atoms with Gasteiger partial charge in [0.15, 0.2) is 5.96 Å². The smallest absolute Gasteiger partial charge is 0.326 e. The highest BCUT2D eigenvalue weighted by atomic mass is 16.4. The first kappa shape index (κ1) is 63.2. The molecule has 0 heterocycles. The minimum absolute atomic E-state index is 0.000504. The number of hydrogen-bond acceptors (Lipinski definition) is 16. The zero-order chi connectivity index (χ0) is 56.5. The Kier molecular flexibility index (Phi) is 26.6.